The number of ether oxygens (including phenoxy) is 1. The molecular weight excluding hydrogens is 228 g/mol. The van der Waals surface area contributed by atoms with Crippen molar-refractivity contribution in [3.8, 4) is 0 Å². The summed E-state index contributed by atoms with van der Waals surface area (Å²) < 4.78 is 5.54. The van der Waals surface area contributed by atoms with Crippen LogP contribution >= 0.6 is 0 Å². The molecule has 4 nitrogen and oxygen atoms in total. The summed E-state index contributed by atoms with van der Waals surface area (Å²) in [4.78, 5) is 14.3. The van der Waals surface area contributed by atoms with E-state index in [2.05, 4.69) is 5.32 Å². The van der Waals surface area contributed by atoms with Gasteiger partial charge in [-0.15, -0.1) is 0 Å². The molecule has 2 heterocycles. The lowest BCUT2D eigenvalue weighted by Gasteiger charge is -2.59. The van der Waals surface area contributed by atoms with Crippen molar-refractivity contribution in [2.45, 2.75) is 57.6 Å². The maximum absolute atomic E-state index is 12.3. The summed E-state index contributed by atoms with van der Waals surface area (Å²) in [5.41, 5.74) is -0.323. The molecule has 1 N–H and O–H groups in total. The van der Waals surface area contributed by atoms with Gasteiger partial charge in [-0.1, -0.05) is 0 Å². The molecule has 0 aromatic rings. The van der Waals surface area contributed by atoms with Crippen LogP contribution < -0.4 is 5.32 Å². The minimum Gasteiger partial charge on any atom is -0.444 e. The number of amides is 1. The number of rotatable bonds is 3. The van der Waals surface area contributed by atoms with E-state index in [1.807, 2.05) is 32.7 Å². The fourth-order valence-corrected chi connectivity index (χ4v) is 3.29. The lowest BCUT2D eigenvalue weighted by molar-refractivity contribution is -0.0852. The van der Waals surface area contributed by atoms with Crippen LogP contribution in [-0.2, 0) is 4.74 Å². The quantitative estimate of drug-likeness (QED) is 0.841. The highest BCUT2D eigenvalue weighted by Gasteiger charge is 2.53. The first-order valence-corrected chi connectivity index (χ1v) is 7.01. The molecule has 1 amide bonds. The molecule has 104 valence electrons. The fraction of sp³-hybridized carbons (Fsp3) is 0.929. The zero-order valence-electron chi connectivity index (χ0n) is 12.1. The van der Waals surface area contributed by atoms with Crippen LogP contribution in [0.3, 0.4) is 0 Å². The Kier molecular flexibility index (Phi) is 3.58. The van der Waals surface area contributed by atoms with Gasteiger partial charge in [-0.25, -0.2) is 4.79 Å². The third kappa shape index (κ3) is 2.63. The molecule has 0 aromatic carbocycles. The van der Waals surface area contributed by atoms with Gasteiger partial charge >= 0.3 is 6.09 Å². The molecule has 4 heteroatoms. The molecule has 1 aliphatic carbocycles. The molecule has 2 saturated heterocycles. The van der Waals surface area contributed by atoms with Crippen molar-refractivity contribution in [2.75, 3.05) is 20.1 Å². The SMILES string of the molecule is CNCCC12CC(CCN1C(=O)OC(C)(C)C)C2. The highest BCUT2D eigenvalue weighted by Crippen LogP contribution is 2.50. The van der Waals surface area contributed by atoms with Crippen molar-refractivity contribution in [1.82, 2.24) is 10.2 Å². The summed E-state index contributed by atoms with van der Waals surface area (Å²) in [7, 11) is 1.97. The predicted octanol–water partition coefficient (Wildman–Crippen LogP) is 2.39. The van der Waals surface area contributed by atoms with E-state index in [1.165, 1.54) is 0 Å². The van der Waals surface area contributed by atoms with Crippen LogP contribution in [0.1, 0.15) is 46.5 Å². The monoisotopic (exact) mass is 254 g/mol. The Hall–Kier alpha value is -0.770. The fourth-order valence-electron chi connectivity index (χ4n) is 3.29. The van der Waals surface area contributed by atoms with Crippen molar-refractivity contribution in [2.24, 2.45) is 5.92 Å². The summed E-state index contributed by atoms with van der Waals surface area (Å²) >= 11 is 0. The van der Waals surface area contributed by atoms with Crippen molar-refractivity contribution in [3.63, 3.8) is 0 Å². The molecule has 3 rings (SSSR count). The van der Waals surface area contributed by atoms with Gasteiger partial charge in [0.15, 0.2) is 0 Å². The van der Waals surface area contributed by atoms with Crippen molar-refractivity contribution < 1.29 is 9.53 Å². The third-order valence-electron chi connectivity index (χ3n) is 4.13. The van der Waals surface area contributed by atoms with E-state index in [4.69, 9.17) is 4.74 Å². The number of carbonyl (C=O) groups excluding carboxylic acids is 1. The standard InChI is InChI=1S/C14H26N2O2/c1-13(2,3)18-12(17)16-8-5-11-9-14(16,10-11)6-7-15-4/h11,15H,5-10H2,1-4H3. The van der Waals surface area contributed by atoms with Gasteiger partial charge in [-0.05, 0) is 66.0 Å². The molecule has 0 aromatic heterocycles. The molecule has 3 fully saturated rings. The topological polar surface area (TPSA) is 41.6 Å². The first kappa shape index (κ1) is 13.7. The molecule has 0 unspecified atom stereocenters. The van der Waals surface area contributed by atoms with Crippen molar-refractivity contribution in [3.05, 3.63) is 0 Å². The van der Waals surface area contributed by atoms with Gasteiger partial charge in [0.1, 0.15) is 5.60 Å². The third-order valence-corrected chi connectivity index (χ3v) is 4.13. The van der Waals surface area contributed by atoms with Gasteiger partial charge in [-0.2, -0.15) is 0 Å². The minimum absolute atomic E-state index is 0.0776. The van der Waals surface area contributed by atoms with Gasteiger partial charge in [0.25, 0.3) is 0 Å². The lowest BCUT2D eigenvalue weighted by atomic mass is 9.61. The lowest BCUT2D eigenvalue weighted by Crippen LogP contribution is -2.65. The minimum atomic E-state index is -0.401. The van der Waals surface area contributed by atoms with Gasteiger partial charge in [0.2, 0.25) is 0 Å². The van der Waals surface area contributed by atoms with E-state index in [0.717, 1.165) is 44.7 Å². The van der Waals surface area contributed by atoms with E-state index in [1.54, 1.807) is 0 Å². The van der Waals surface area contributed by atoms with Gasteiger partial charge < -0.3 is 15.0 Å². The van der Waals surface area contributed by atoms with E-state index in [-0.39, 0.29) is 11.6 Å². The molecule has 1 saturated carbocycles. The van der Waals surface area contributed by atoms with E-state index >= 15 is 0 Å². The smallest absolute Gasteiger partial charge is 0.410 e. The zero-order valence-corrected chi connectivity index (χ0v) is 12.1. The first-order valence-electron chi connectivity index (χ1n) is 7.01. The Morgan fingerprint density at radius 1 is 1.44 bits per heavy atom. The Balaban J connectivity index is 2.02. The largest absolute Gasteiger partial charge is 0.444 e. The summed E-state index contributed by atoms with van der Waals surface area (Å²) in [5.74, 6) is 0.834. The molecule has 18 heavy (non-hydrogen) atoms. The second-order valence-electron chi connectivity index (χ2n) is 6.77. The van der Waals surface area contributed by atoms with Gasteiger partial charge in [0, 0.05) is 12.1 Å². The Labute approximate surface area is 110 Å². The average molecular weight is 254 g/mol. The maximum atomic E-state index is 12.3. The Morgan fingerprint density at radius 2 is 2.11 bits per heavy atom. The van der Waals surface area contributed by atoms with E-state index in [0.29, 0.717) is 0 Å². The zero-order chi connectivity index (χ0) is 13.4. The normalized spacial score (nSPS) is 30.9. The number of carbonyl (C=O) groups is 1. The second-order valence-corrected chi connectivity index (χ2v) is 6.77. The second kappa shape index (κ2) is 4.72. The highest BCUT2D eigenvalue weighted by atomic mass is 16.6. The molecule has 2 bridgehead atoms. The van der Waals surface area contributed by atoms with E-state index in [9.17, 15) is 4.79 Å². The molecule has 0 atom stereocenters. The molecule has 2 aliphatic heterocycles. The van der Waals surface area contributed by atoms with Gasteiger partial charge in [-0.3, -0.25) is 0 Å². The number of hydrogen-bond acceptors (Lipinski definition) is 3. The van der Waals surface area contributed by atoms with E-state index < -0.39 is 5.60 Å². The Bertz CT molecular complexity index is 316. The molecule has 0 radical (unpaired) electrons. The maximum Gasteiger partial charge on any atom is 0.410 e. The van der Waals surface area contributed by atoms with Crippen molar-refractivity contribution >= 4 is 6.09 Å². The summed E-state index contributed by atoms with van der Waals surface area (Å²) in [5, 5.41) is 3.19. The average Bonchev–Trinajstić information content (AvgIpc) is 2.22. The molecule has 0 spiro atoms. The van der Waals surface area contributed by atoms with Crippen LogP contribution in [0.25, 0.3) is 0 Å². The van der Waals surface area contributed by atoms with Crippen LogP contribution in [0.2, 0.25) is 0 Å². The summed E-state index contributed by atoms with van der Waals surface area (Å²) in [6.07, 6.45) is 4.37. The number of nitrogens with one attached hydrogen (secondary N) is 1. The molecule has 3 aliphatic rings. The first-order chi connectivity index (χ1) is 8.36. The van der Waals surface area contributed by atoms with Crippen LogP contribution in [0, 0.1) is 5.92 Å². The van der Waals surface area contributed by atoms with Gasteiger partial charge in [0.05, 0.1) is 0 Å². The van der Waals surface area contributed by atoms with Crippen LogP contribution in [0.15, 0.2) is 0 Å². The number of nitrogens with zero attached hydrogens (tertiary/aromatic N) is 1. The predicted molar refractivity (Wildman–Crippen MR) is 71.6 cm³/mol. The number of fused-ring (bicyclic) bond motifs is 2. The van der Waals surface area contributed by atoms with Crippen molar-refractivity contribution in [1.29, 1.82) is 0 Å². The molecular formula is C14H26N2O2. The number of hydrogen-bond donors (Lipinski definition) is 1. The summed E-state index contributed by atoms with van der Waals surface area (Å²) in [6, 6.07) is 0. The Morgan fingerprint density at radius 3 is 2.67 bits per heavy atom. The highest BCUT2D eigenvalue weighted by molar-refractivity contribution is 5.70. The number of piperidine rings is 2. The van der Waals surface area contributed by atoms with Crippen LogP contribution in [0.4, 0.5) is 4.79 Å². The van der Waals surface area contributed by atoms with Crippen LogP contribution in [0.5, 0.6) is 0 Å². The summed E-state index contributed by atoms with van der Waals surface area (Å²) in [6.45, 7) is 7.62. The van der Waals surface area contributed by atoms with Crippen LogP contribution in [-0.4, -0.2) is 42.3 Å².